The normalized spacial score (nSPS) is 13.6. The second-order valence-corrected chi connectivity index (χ2v) is 6.97. The highest BCUT2D eigenvalue weighted by atomic mass is 35.5. The zero-order chi connectivity index (χ0) is 19.1. The van der Waals surface area contributed by atoms with Crippen molar-refractivity contribution >= 4 is 40.4 Å². The third-order valence-electron chi connectivity index (χ3n) is 5.53. The third-order valence-corrected chi connectivity index (χ3v) is 5.53. The fraction of sp³-hybridized carbons (Fsp3) is 0.318. The van der Waals surface area contributed by atoms with Crippen molar-refractivity contribution in [3.8, 4) is 0 Å². The number of rotatable bonds is 4. The Hall–Kier alpha value is -2.66. The van der Waals surface area contributed by atoms with Crippen LogP contribution in [0.25, 0.3) is 11.0 Å². The molecule has 0 radical (unpaired) electrons. The summed E-state index contributed by atoms with van der Waals surface area (Å²) in [5, 5.41) is 0.943. The van der Waals surface area contributed by atoms with Gasteiger partial charge in [-0.1, -0.05) is 12.1 Å². The lowest BCUT2D eigenvalue weighted by atomic mass is 10.1. The number of halogens is 1. The summed E-state index contributed by atoms with van der Waals surface area (Å²) in [6.45, 7) is 6.08. The molecule has 0 aliphatic carbocycles. The number of fused-ring (bicyclic) bond motifs is 2. The summed E-state index contributed by atoms with van der Waals surface area (Å²) >= 11 is 0. The smallest absolute Gasteiger partial charge is 0.343 e. The van der Waals surface area contributed by atoms with E-state index in [1.165, 1.54) is 0 Å². The summed E-state index contributed by atoms with van der Waals surface area (Å²) in [7, 11) is 4.03. The number of nitrogens with zero attached hydrogens (tertiary/aromatic N) is 3. The molecule has 2 aromatic carbocycles. The monoisotopic (exact) mass is 399 g/mol. The van der Waals surface area contributed by atoms with E-state index in [-0.39, 0.29) is 24.2 Å². The van der Waals surface area contributed by atoms with E-state index in [1.807, 2.05) is 44.4 Å². The number of hydrogen-bond acceptors (Lipinski definition) is 5. The second kappa shape index (κ2) is 7.76. The first kappa shape index (κ1) is 20.1. The Morgan fingerprint density at radius 2 is 1.57 bits per heavy atom. The summed E-state index contributed by atoms with van der Waals surface area (Å²) in [6, 6.07) is 16.2. The highest BCUT2D eigenvalue weighted by Crippen LogP contribution is 2.43. The van der Waals surface area contributed by atoms with Crippen LogP contribution < -0.4 is 20.3 Å². The minimum Gasteiger partial charge on any atom is -0.422 e. The van der Waals surface area contributed by atoms with Gasteiger partial charge < -0.3 is 19.1 Å². The number of anilines is 3. The topological polar surface area (TPSA) is 39.9 Å². The molecule has 0 amide bonds. The minimum absolute atomic E-state index is 0. The third kappa shape index (κ3) is 3.10. The Kier molecular flexibility index (Phi) is 5.57. The van der Waals surface area contributed by atoms with Crippen molar-refractivity contribution in [2.45, 2.75) is 20.0 Å². The molecular weight excluding hydrogens is 374 g/mol. The highest BCUT2D eigenvalue weighted by molar-refractivity contribution is 5.85. The fourth-order valence-electron chi connectivity index (χ4n) is 4.08. The molecule has 3 aromatic rings. The molecule has 1 aromatic heterocycles. The van der Waals surface area contributed by atoms with E-state index in [4.69, 9.17) is 4.42 Å². The molecule has 28 heavy (non-hydrogen) atoms. The van der Waals surface area contributed by atoms with Crippen LogP contribution in [0.15, 0.2) is 57.7 Å². The average Bonchev–Trinajstić information content (AvgIpc) is 2.93. The van der Waals surface area contributed by atoms with Crippen LogP contribution >= 0.6 is 12.4 Å². The standard InChI is InChI=1S/C22H25N3O2.ClH/c1-5-25(6-2)16-12-11-15-13-17(22(26)27-20(15)14-16)21-23(3)18-9-7-8-10-19(18)24(21)4;/h7-14,21H,5-6H2,1-4H3;1H. The Balaban J connectivity index is 0.00000225. The predicted octanol–water partition coefficient (Wildman–Crippen LogP) is 4.65. The molecule has 0 saturated carbocycles. The van der Waals surface area contributed by atoms with Crippen LogP contribution in [0.2, 0.25) is 0 Å². The van der Waals surface area contributed by atoms with E-state index in [0.717, 1.165) is 35.5 Å². The Labute approximate surface area is 171 Å². The average molecular weight is 400 g/mol. The van der Waals surface area contributed by atoms with Crippen LogP contribution in [0, 0.1) is 0 Å². The molecule has 0 saturated heterocycles. The maximum absolute atomic E-state index is 12.8. The maximum atomic E-state index is 12.8. The molecule has 0 N–H and O–H groups in total. The second-order valence-electron chi connectivity index (χ2n) is 6.97. The fourth-order valence-corrected chi connectivity index (χ4v) is 4.08. The van der Waals surface area contributed by atoms with Crippen molar-refractivity contribution in [2.75, 3.05) is 41.9 Å². The lowest BCUT2D eigenvalue weighted by molar-refractivity contribution is 0.533. The molecule has 2 heterocycles. The number of hydrogen-bond donors (Lipinski definition) is 0. The summed E-state index contributed by atoms with van der Waals surface area (Å²) in [4.78, 5) is 19.3. The first-order chi connectivity index (χ1) is 13.0. The van der Waals surface area contributed by atoms with Gasteiger partial charge in [0.1, 0.15) is 11.7 Å². The van der Waals surface area contributed by atoms with Crippen molar-refractivity contribution in [2.24, 2.45) is 0 Å². The van der Waals surface area contributed by atoms with Gasteiger partial charge >= 0.3 is 5.63 Å². The van der Waals surface area contributed by atoms with Crippen molar-refractivity contribution in [1.29, 1.82) is 0 Å². The van der Waals surface area contributed by atoms with Gasteiger partial charge in [0.15, 0.2) is 0 Å². The number of benzene rings is 2. The van der Waals surface area contributed by atoms with E-state index in [2.05, 4.69) is 46.7 Å². The van der Waals surface area contributed by atoms with E-state index >= 15 is 0 Å². The molecule has 0 fully saturated rings. The van der Waals surface area contributed by atoms with Gasteiger partial charge in [0.05, 0.1) is 16.9 Å². The summed E-state index contributed by atoms with van der Waals surface area (Å²) < 4.78 is 5.74. The quantitative estimate of drug-likeness (QED) is 0.597. The molecular formula is C22H26ClN3O2. The van der Waals surface area contributed by atoms with Crippen LogP contribution in [0.4, 0.5) is 17.1 Å². The van der Waals surface area contributed by atoms with Crippen LogP contribution in [-0.2, 0) is 0 Å². The number of para-hydroxylation sites is 2. The van der Waals surface area contributed by atoms with Crippen LogP contribution in [-0.4, -0.2) is 27.2 Å². The maximum Gasteiger partial charge on any atom is 0.343 e. The van der Waals surface area contributed by atoms with E-state index in [9.17, 15) is 4.79 Å². The zero-order valence-electron chi connectivity index (χ0n) is 16.7. The Morgan fingerprint density at radius 1 is 0.964 bits per heavy atom. The van der Waals surface area contributed by atoms with Gasteiger partial charge in [0, 0.05) is 44.3 Å². The summed E-state index contributed by atoms with van der Waals surface area (Å²) in [6.07, 6.45) is -0.175. The molecule has 0 bridgehead atoms. The highest BCUT2D eigenvalue weighted by Gasteiger charge is 2.34. The van der Waals surface area contributed by atoms with Crippen LogP contribution in [0.1, 0.15) is 25.6 Å². The molecule has 1 aliphatic heterocycles. The van der Waals surface area contributed by atoms with Crippen molar-refractivity contribution in [3.63, 3.8) is 0 Å². The first-order valence-corrected chi connectivity index (χ1v) is 9.42. The Morgan fingerprint density at radius 3 is 2.14 bits per heavy atom. The molecule has 1 aliphatic rings. The SMILES string of the molecule is CCN(CC)c1ccc2cc(C3N(C)c4ccccc4N3C)c(=O)oc2c1.Cl. The molecule has 6 heteroatoms. The van der Waals surface area contributed by atoms with Gasteiger partial charge in [-0.2, -0.15) is 0 Å². The predicted molar refractivity (Wildman–Crippen MR) is 119 cm³/mol. The first-order valence-electron chi connectivity index (χ1n) is 9.42. The molecule has 0 spiro atoms. The Bertz CT molecular complexity index is 1020. The molecule has 5 nitrogen and oxygen atoms in total. The molecule has 0 atom stereocenters. The lowest BCUT2D eigenvalue weighted by Gasteiger charge is -2.27. The van der Waals surface area contributed by atoms with Crippen LogP contribution in [0.3, 0.4) is 0 Å². The van der Waals surface area contributed by atoms with Gasteiger partial charge in [-0.15, -0.1) is 12.4 Å². The molecule has 4 rings (SSSR count). The van der Waals surface area contributed by atoms with Crippen molar-refractivity contribution in [3.05, 3.63) is 64.5 Å². The van der Waals surface area contributed by atoms with Crippen LogP contribution in [0.5, 0.6) is 0 Å². The van der Waals surface area contributed by atoms with Gasteiger partial charge in [-0.25, -0.2) is 4.79 Å². The lowest BCUT2D eigenvalue weighted by Crippen LogP contribution is -2.34. The van der Waals surface area contributed by atoms with Gasteiger partial charge in [-0.3, -0.25) is 0 Å². The van der Waals surface area contributed by atoms with Gasteiger partial charge in [-0.05, 0) is 44.2 Å². The minimum atomic E-state index is -0.282. The van der Waals surface area contributed by atoms with Gasteiger partial charge in [0.25, 0.3) is 0 Å². The summed E-state index contributed by atoms with van der Waals surface area (Å²) in [5.41, 5.74) is 4.30. The van der Waals surface area contributed by atoms with E-state index in [0.29, 0.717) is 11.1 Å². The van der Waals surface area contributed by atoms with Crippen molar-refractivity contribution in [1.82, 2.24) is 0 Å². The van der Waals surface area contributed by atoms with Gasteiger partial charge in [0.2, 0.25) is 0 Å². The molecule has 148 valence electrons. The summed E-state index contributed by atoms with van der Waals surface area (Å²) in [5.74, 6) is 0. The van der Waals surface area contributed by atoms with Crippen molar-refractivity contribution < 1.29 is 4.42 Å². The van der Waals surface area contributed by atoms with E-state index < -0.39 is 0 Å². The molecule has 0 unspecified atom stereocenters. The zero-order valence-corrected chi connectivity index (χ0v) is 17.5. The van der Waals surface area contributed by atoms with E-state index in [1.54, 1.807) is 0 Å². The largest absolute Gasteiger partial charge is 0.422 e.